The van der Waals surface area contributed by atoms with Crippen LogP contribution in [0.5, 0.6) is 0 Å². The van der Waals surface area contributed by atoms with E-state index < -0.39 is 33.1 Å². The molecule has 268 valence electrons. The highest BCUT2D eigenvalue weighted by Gasteiger charge is 2.49. The summed E-state index contributed by atoms with van der Waals surface area (Å²) in [6, 6.07) is 14.9. The Kier molecular flexibility index (Phi) is 10.1. The van der Waals surface area contributed by atoms with Crippen LogP contribution in [0.4, 0.5) is 14.6 Å². The first kappa shape index (κ1) is 35.9. The van der Waals surface area contributed by atoms with E-state index in [1.54, 1.807) is 43.0 Å². The molecule has 2 aliphatic rings. The number of aryl methyl sites for hydroxylation is 1. The Morgan fingerprint density at radius 1 is 1.02 bits per heavy atom. The molecule has 51 heavy (non-hydrogen) atoms. The fourth-order valence-corrected chi connectivity index (χ4v) is 8.10. The molecule has 10 nitrogen and oxygen atoms in total. The van der Waals surface area contributed by atoms with Gasteiger partial charge in [-0.15, -0.1) is 0 Å². The number of anilines is 1. The molecule has 13 heteroatoms. The minimum Gasteiger partial charge on any atom is -0.359 e. The van der Waals surface area contributed by atoms with E-state index in [0.29, 0.717) is 34.4 Å². The topological polar surface area (TPSA) is 125 Å². The van der Waals surface area contributed by atoms with Crippen molar-refractivity contribution >= 4 is 33.5 Å². The molecule has 1 aliphatic carbocycles. The summed E-state index contributed by atoms with van der Waals surface area (Å²) in [6.07, 6.45) is 5.90. The predicted molar refractivity (Wildman–Crippen MR) is 190 cm³/mol. The third kappa shape index (κ3) is 7.17. The van der Waals surface area contributed by atoms with Crippen molar-refractivity contribution in [3.8, 4) is 11.1 Å². The van der Waals surface area contributed by atoms with E-state index in [2.05, 4.69) is 16.8 Å². The van der Waals surface area contributed by atoms with Crippen molar-refractivity contribution < 1.29 is 31.3 Å². The number of carbonyl (C=O) groups is 2. The zero-order valence-electron chi connectivity index (χ0n) is 29.1. The minimum atomic E-state index is -4.18. The molecule has 1 aromatic heterocycles. The van der Waals surface area contributed by atoms with Crippen LogP contribution in [0.15, 0.2) is 75.1 Å². The van der Waals surface area contributed by atoms with Crippen molar-refractivity contribution in [2.24, 2.45) is 4.99 Å². The van der Waals surface area contributed by atoms with Gasteiger partial charge in [0.1, 0.15) is 17.1 Å². The zero-order chi connectivity index (χ0) is 36.5. The summed E-state index contributed by atoms with van der Waals surface area (Å²) in [6.45, 7) is 5.71. The molecule has 1 N–H and O–H groups in total. The van der Waals surface area contributed by atoms with Gasteiger partial charge in [-0.2, -0.15) is 0 Å². The van der Waals surface area contributed by atoms with Gasteiger partial charge in [-0.05, 0) is 74.1 Å². The van der Waals surface area contributed by atoms with Crippen LogP contribution in [0.1, 0.15) is 84.7 Å². The molecule has 4 aromatic rings. The van der Waals surface area contributed by atoms with Crippen molar-refractivity contribution in [2.45, 2.75) is 89.2 Å². The highest BCUT2D eigenvalue weighted by atomic mass is 32.2. The van der Waals surface area contributed by atoms with E-state index in [1.807, 2.05) is 12.1 Å². The number of amides is 2. The van der Waals surface area contributed by atoms with Gasteiger partial charge in [0, 0.05) is 36.7 Å². The number of halogens is 2. The number of hydrogen-bond donors (Lipinski definition) is 1. The number of rotatable bonds is 12. The van der Waals surface area contributed by atoms with E-state index in [0.717, 1.165) is 62.1 Å². The summed E-state index contributed by atoms with van der Waals surface area (Å²) in [4.78, 5) is 35.5. The molecule has 0 atom stereocenters. The van der Waals surface area contributed by atoms with Crippen molar-refractivity contribution in [2.75, 3.05) is 11.8 Å². The Balaban J connectivity index is 1.40. The molecule has 2 heterocycles. The summed E-state index contributed by atoms with van der Waals surface area (Å²) in [5.41, 5.74) is 2.04. The van der Waals surface area contributed by atoms with Gasteiger partial charge >= 0.3 is 0 Å². The molecule has 6 rings (SSSR count). The fourth-order valence-electron chi connectivity index (χ4n) is 6.82. The highest BCUT2D eigenvalue weighted by Crippen LogP contribution is 2.40. The van der Waals surface area contributed by atoms with Crippen molar-refractivity contribution in [3.05, 3.63) is 100 Å². The van der Waals surface area contributed by atoms with Crippen LogP contribution >= 0.6 is 0 Å². The summed E-state index contributed by atoms with van der Waals surface area (Å²) in [7, 11) is -2.65. The number of amidine groups is 1. The average molecular weight is 718 g/mol. The van der Waals surface area contributed by atoms with Crippen LogP contribution in [0.2, 0.25) is 0 Å². The quantitative estimate of drug-likeness (QED) is 0.161. The smallest absolute Gasteiger partial charge is 0.263 e. The van der Waals surface area contributed by atoms with Gasteiger partial charge < -0.3 is 9.42 Å². The summed E-state index contributed by atoms with van der Waals surface area (Å²) < 4.78 is 63.2. The number of benzene rings is 3. The first-order valence-corrected chi connectivity index (χ1v) is 18.6. The standard InChI is InChI=1S/C38H41F2N5O5S/c1-5-6-13-34-41-38(18-9-10-19-38)37(47)45(34)22-26-14-16-29(28(20-26)23-44(4)36(46)27-15-17-31(39)32(40)21-27)30-11-7-8-12-33(30)51(48,49)43-35-24(2)25(3)50-42-35/h7-8,11-12,14-17,20-21H,5-6,9-10,13,18-19,22-23H2,1-4H3,(H,42,43). The molecule has 1 saturated carbocycles. The molecule has 0 bridgehead atoms. The van der Waals surface area contributed by atoms with Gasteiger partial charge in [-0.25, -0.2) is 17.2 Å². The number of carbonyl (C=O) groups excluding carboxylic acids is 2. The van der Waals surface area contributed by atoms with Gasteiger partial charge in [0.05, 0.1) is 11.4 Å². The third-order valence-corrected chi connectivity index (χ3v) is 11.2. The number of nitrogens with zero attached hydrogens (tertiary/aromatic N) is 4. The molecule has 3 aromatic carbocycles. The number of aliphatic imine (C=N–C) groups is 1. The van der Waals surface area contributed by atoms with E-state index >= 15 is 0 Å². The summed E-state index contributed by atoms with van der Waals surface area (Å²) in [5.74, 6) is -1.43. The molecule has 0 unspecified atom stereocenters. The molecule has 1 aliphatic heterocycles. The van der Waals surface area contributed by atoms with Gasteiger partial charge in [0.25, 0.3) is 21.8 Å². The Morgan fingerprint density at radius 2 is 1.76 bits per heavy atom. The van der Waals surface area contributed by atoms with Crippen LogP contribution in [0.25, 0.3) is 11.1 Å². The maximum Gasteiger partial charge on any atom is 0.263 e. The number of hydrogen-bond acceptors (Lipinski definition) is 7. The minimum absolute atomic E-state index is 0.00302. The lowest BCUT2D eigenvalue weighted by molar-refractivity contribution is -0.131. The first-order chi connectivity index (χ1) is 24.3. The molecule has 0 radical (unpaired) electrons. The molecule has 1 fully saturated rings. The van der Waals surface area contributed by atoms with Crippen molar-refractivity contribution in [3.63, 3.8) is 0 Å². The normalized spacial score (nSPS) is 15.5. The molecule has 0 saturated heterocycles. The lowest BCUT2D eigenvalue weighted by atomic mass is 9.95. The Labute approximate surface area is 296 Å². The number of sulfonamides is 1. The van der Waals surface area contributed by atoms with Crippen molar-refractivity contribution in [1.29, 1.82) is 0 Å². The summed E-state index contributed by atoms with van der Waals surface area (Å²) in [5, 5.41) is 3.86. The second kappa shape index (κ2) is 14.4. The van der Waals surface area contributed by atoms with Gasteiger partial charge in [-0.1, -0.05) is 67.7 Å². The summed E-state index contributed by atoms with van der Waals surface area (Å²) >= 11 is 0. The molecule has 1 spiro atoms. The second-order valence-electron chi connectivity index (χ2n) is 13.4. The predicted octanol–water partition coefficient (Wildman–Crippen LogP) is 7.55. The largest absolute Gasteiger partial charge is 0.359 e. The van der Waals surface area contributed by atoms with E-state index in [1.165, 1.54) is 24.1 Å². The average Bonchev–Trinajstić information content (AvgIpc) is 3.79. The Bertz CT molecular complexity index is 2120. The van der Waals surface area contributed by atoms with Gasteiger partial charge in [-0.3, -0.25) is 24.2 Å². The number of aromatic nitrogens is 1. The third-order valence-electron chi connectivity index (χ3n) is 9.77. The van der Waals surface area contributed by atoms with Gasteiger partial charge in [0.2, 0.25) is 0 Å². The van der Waals surface area contributed by atoms with E-state index in [-0.39, 0.29) is 35.3 Å². The highest BCUT2D eigenvalue weighted by molar-refractivity contribution is 7.92. The van der Waals surface area contributed by atoms with Crippen LogP contribution in [-0.2, 0) is 27.9 Å². The van der Waals surface area contributed by atoms with Crippen LogP contribution in [0.3, 0.4) is 0 Å². The van der Waals surface area contributed by atoms with Crippen LogP contribution in [-0.4, -0.2) is 53.6 Å². The SMILES string of the molecule is CCCCC1=NC2(CCCC2)C(=O)N1Cc1ccc(-c2ccccc2S(=O)(=O)Nc2noc(C)c2C)c(CN(C)C(=O)c2ccc(F)c(F)c2)c1. The van der Waals surface area contributed by atoms with E-state index in [4.69, 9.17) is 9.52 Å². The maximum absolute atomic E-state index is 14.1. The maximum atomic E-state index is 14.1. The van der Waals surface area contributed by atoms with Crippen LogP contribution in [0, 0.1) is 25.5 Å². The van der Waals surface area contributed by atoms with E-state index in [9.17, 15) is 26.8 Å². The zero-order valence-corrected chi connectivity index (χ0v) is 29.9. The lowest BCUT2D eigenvalue weighted by Gasteiger charge is -2.24. The molecule has 2 amide bonds. The van der Waals surface area contributed by atoms with Crippen LogP contribution < -0.4 is 4.72 Å². The number of nitrogens with one attached hydrogen (secondary N) is 1. The Hall–Kier alpha value is -4.91. The lowest BCUT2D eigenvalue weighted by Crippen LogP contribution is -2.40. The fraction of sp³-hybridized carbons (Fsp3) is 0.368. The number of unbranched alkanes of at least 4 members (excludes halogenated alkanes) is 1. The second-order valence-corrected chi connectivity index (χ2v) is 15.0. The molecular weight excluding hydrogens is 677 g/mol. The molecular formula is C38H41F2N5O5S. The van der Waals surface area contributed by atoms with Gasteiger partial charge in [0.15, 0.2) is 17.5 Å². The Morgan fingerprint density at radius 3 is 2.45 bits per heavy atom. The first-order valence-electron chi connectivity index (χ1n) is 17.1. The monoisotopic (exact) mass is 717 g/mol. The van der Waals surface area contributed by atoms with Crippen molar-refractivity contribution in [1.82, 2.24) is 15.0 Å².